The zero-order valence-electron chi connectivity index (χ0n) is 22.5. The molecule has 4 aliphatic rings. The maximum absolute atomic E-state index is 12.9. The van der Waals surface area contributed by atoms with Crippen molar-refractivity contribution >= 4 is 11.8 Å². The van der Waals surface area contributed by atoms with Crippen molar-refractivity contribution in [3.8, 4) is 0 Å². The largest absolute Gasteiger partial charge is 0.478 e. The van der Waals surface area contributed by atoms with Crippen molar-refractivity contribution in [1.29, 1.82) is 0 Å². The Labute approximate surface area is 206 Å². The molecule has 0 spiro atoms. The van der Waals surface area contributed by atoms with Crippen molar-refractivity contribution in [2.45, 2.75) is 112 Å². The maximum atomic E-state index is 12.9. The molecule has 0 amide bonds. The minimum Gasteiger partial charge on any atom is -0.478 e. The van der Waals surface area contributed by atoms with Gasteiger partial charge in [0.1, 0.15) is 5.78 Å². The fourth-order valence-electron chi connectivity index (χ4n) is 9.36. The molecule has 0 aromatic rings. The van der Waals surface area contributed by atoms with Gasteiger partial charge in [0.05, 0.1) is 6.10 Å². The van der Waals surface area contributed by atoms with E-state index in [1.165, 1.54) is 0 Å². The van der Waals surface area contributed by atoms with Gasteiger partial charge >= 0.3 is 5.97 Å². The van der Waals surface area contributed by atoms with E-state index < -0.39 is 12.1 Å². The Morgan fingerprint density at radius 3 is 2.41 bits per heavy atom. The van der Waals surface area contributed by atoms with E-state index in [1.54, 1.807) is 18.1 Å². The summed E-state index contributed by atoms with van der Waals surface area (Å²) in [5, 5.41) is 21.0. The third kappa shape index (κ3) is 3.41. The van der Waals surface area contributed by atoms with E-state index in [9.17, 15) is 14.7 Å². The van der Waals surface area contributed by atoms with E-state index in [0.29, 0.717) is 29.6 Å². The van der Waals surface area contributed by atoms with Gasteiger partial charge < -0.3 is 10.2 Å². The first-order valence-corrected chi connectivity index (χ1v) is 13.5. The molecule has 3 fully saturated rings. The summed E-state index contributed by atoms with van der Waals surface area (Å²) in [5.41, 5.74) is 3.13. The van der Waals surface area contributed by atoms with Crippen LogP contribution in [-0.4, -0.2) is 28.1 Å². The molecule has 190 valence electrons. The predicted molar refractivity (Wildman–Crippen MR) is 135 cm³/mol. The first kappa shape index (κ1) is 25.7. The molecule has 0 heterocycles. The van der Waals surface area contributed by atoms with Crippen LogP contribution in [0.5, 0.6) is 0 Å². The number of Topliss-reactive ketones (excluding diaryl/α,β-unsaturated/α-hetero) is 1. The fourth-order valence-corrected chi connectivity index (χ4v) is 9.36. The second-order valence-electron chi connectivity index (χ2n) is 13.3. The Hall–Kier alpha value is -1.42. The number of hydrogen-bond donors (Lipinski definition) is 2. The summed E-state index contributed by atoms with van der Waals surface area (Å²) in [6.45, 7) is 15.5. The average molecular weight is 471 g/mol. The summed E-state index contributed by atoms with van der Waals surface area (Å²) in [4.78, 5) is 24.0. The van der Waals surface area contributed by atoms with Gasteiger partial charge in [-0.25, -0.2) is 4.79 Å². The van der Waals surface area contributed by atoms with E-state index in [1.807, 2.05) is 6.08 Å². The van der Waals surface area contributed by atoms with Crippen molar-refractivity contribution in [3.63, 3.8) is 0 Å². The monoisotopic (exact) mass is 470 g/mol. The topological polar surface area (TPSA) is 74.6 Å². The summed E-state index contributed by atoms with van der Waals surface area (Å²) in [5.74, 6) is 0.640. The number of carbonyl (C=O) groups excluding carboxylic acids is 1. The van der Waals surface area contributed by atoms with Crippen molar-refractivity contribution in [2.24, 2.45) is 39.4 Å². The Morgan fingerprint density at radius 2 is 1.76 bits per heavy atom. The Balaban J connectivity index is 1.65. The van der Waals surface area contributed by atoms with Crippen LogP contribution in [0.15, 0.2) is 22.8 Å². The van der Waals surface area contributed by atoms with Gasteiger partial charge in [-0.3, -0.25) is 4.79 Å². The molecule has 0 aliphatic heterocycles. The van der Waals surface area contributed by atoms with Gasteiger partial charge in [0.15, 0.2) is 0 Å². The molecule has 0 aromatic heterocycles. The summed E-state index contributed by atoms with van der Waals surface area (Å²) in [7, 11) is 0. The van der Waals surface area contributed by atoms with Crippen molar-refractivity contribution in [3.05, 3.63) is 22.8 Å². The van der Waals surface area contributed by atoms with Crippen molar-refractivity contribution < 1.29 is 19.8 Å². The number of carboxylic acids is 1. The zero-order chi connectivity index (χ0) is 25.3. The summed E-state index contributed by atoms with van der Waals surface area (Å²) >= 11 is 0. The van der Waals surface area contributed by atoms with Crippen LogP contribution in [0.4, 0.5) is 0 Å². The van der Waals surface area contributed by atoms with Gasteiger partial charge in [0.25, 0.3) is 0 Å². The number of aliphatic hydroxyl groups is 1. The minimum absolute atomic E-state index is 0.00861. The molecule has 0 aromatic carbocycles. The van der Waals surface area contributed by atoms with Crippen LogP contribution in [0.3, 0.4) is 0 Å². The van der Waals surface area contributed by atoms with Crippen LogP contribution in [0, 0.1) is 39.4 Å². The van der Waals surface area contributed by atoms with Gasteiger partial charge in [-0.15, -0.1) is 0 Å². The molecule has 34 heavy (non-hydrogen) atoms. The molecule has 4 rings (SSSR count). The van der Waals surface area contributed by atoms with Crippen molar-refractivity contribution in [1.82, 2.24) is 0 Å². The number of rotatable bonds is 5. The number of aliphatic hydroxyl groups excluding tert-OH is 1. The molecule has 0 saturated heterocycles. The van der Waals surface area contributed by atoms with Gasteiger partial charge in [-0.2, -0.15) is 0 Å². The number of allylic oxidation sites excluding steroid dienone is 3. The molecule has 4 heteroatoms. The van der Waals surface area contributed by atoms with Gasteiger partial charge in [-0.1, -0.05) is 58.8 Å². The van der Waals surface area contributed by atoms with Gasteiger partial charge in [0.2, 0.25) is 0 Å². The highest BCUT2D eigenvalue weighted by molar-refractivity contribution is 5.86. The first-order chi connectivity index (χ1) is 15.7. The normalized spacial score (nSPS) is 42.6. The number of aliphatic carboxylic acids is 1. The third-order valence-electron chi connectivity index (χ3n) is 11.8. The quantitative estimate of drug-likeness (QED) is 0.345. The highest BCUT2D eigenvalue weighted by Gasteiger charge is 2.69. The number of fused-ring (bicyclic) bond motifs is 5. The predicted octanol–water partition coefficient (Wildman–Crippen LogP) is 6.72. The highest BCUT2D eigenvalue weighted by Crippen LogP contribution is 2.74. The van der Waals surface area contributed by atoms with Crippen LogP contribution in [0.1, 0.15) is 106 Å². The summed E-state index contributed by atoms with van der Waals surface area (Å²) in [6, 6.07) is 0. The number of carboxylic acid groups (broad SMARTS) is 1. The number of ketones is 1. The first-order valence-electron chi connectivity index (χ1n) is 13.5. The van der Waals surface area contributed by atoms with Crippen LogP contribution in [0.2, 0.25) is 0 Å². The fraction of sp³-hybridized carbons (Fsp3) is 0.800. The SMILES string of the molecule is C/C(=C/CC[C@H](C)C1=C2CC[C@@H]3[C@@]4(C)CCC(=O)C(C)(C)[C@@H]4C[C@@H](O)[C@@]3(C)[C@]2(C)CC1)C(=O)O. The summed E-state index contributed by atoms with van der Waals surface area (Å²) in [6.07, 6.45) is 9.98. The standard InChI is InChI=1S/C30H46O4/c1-18(9-8-10-19(2)26(33)34)20-13-16-29(6)21(20)11-12-22-28(5)15-14-24(31)27(3,4)23(28)17-25(32)30(22,29)7/h10,18,22-23,25,32H,8-9,11-17H2,1-7H3,(H,33,34)/b19-10-/t18-,22+,23-,25+,28+,29+,30-/m0/s1. The average Bonchev–Trinajstić information content (AvgIpc) is 3.12. The van der Waals surface area contributed by atoms with Crippen LogP contribution in [0.25, 0.3) is 0 Å². The van der Waals surface area contributed by atoms with Crippen LogP contribution < -0.4 is 0 Å². The molecule has 0 unspecified atom stereocenters. The lowest BCUT2D eigenvalue weighted by atomic mass is 9.35. The molecule has 2 N–H and O–H groups in total. The Bertz CT molecular complexity index is 941. The molecule has 4 aliphatic carbocycles. The van der Waals surface area contributed by atoms with E-state index >= 15 is 0 Å². The smallest absolute Gasteiger partial charge is 0.330 e. The van der Waals surface area contributed by atoms with Crippen molar-refractivity contribution in [2.75, 3.05) is 0 Å². The molecule has 0 bridgehead atoms. The number of carbonyl (C=O) groups is 2. The lowest BCUT2D eigenvalue weighted by Crippen LogP contribution is -2.67. The van der Waals surface area contributed by atoms with E-state index in [4.69, 9.17) is 5.11 Å². The van der Waals surface area contributed by atoms with Crippen LogP contribution in [-0.2, 0) is 9.59 Å². The molecular formula is C30H46O4. The van der Waals surface area contributed by atoms with E-state index in [0.717, 1.165) is 51.4 Å². The zero-order valence-corrected chi connectivity index (χ0v) is 22.5. The molecule has 4 nitrogen and oxygen atoms in total. The highest BCUT2D eigenvalue weighted by atomic mass is 16.4. The molecule has 3 saturated carbocycles. The lowest BCUT2D eigenvalue weighted by Gasteiger charge is -2.69. The molecule has 7 atom stereocenters. The Morgan fingerprint density at radius 1 is 1.09 bits per heavy atom. The third-order valence-corrected chi connectivity index (χ3v) is 11.8. The second-order valence-corrected chi connectivity index (χ2v) is 13.3. The molecular weight excluding hydrogens is 424 g/mol. The minimum atomic E-state index is -0.833. The van der Waals surface area contributed by atoms with Gasteiger partial charge in [-0.05, 0) is 86.9 Å². The Kier molecular flexibility index (Phi) is 6.28. The summed E-state index contributed by atoms with van der Waals surface area (Å²) < 4.78 is 0. The number of hydrogen-bond acceptors (Lipinski definition) is 3. The van der Waals surface area contributed by atoms with E-state index in [2.05, 4.69) is 41.5 Å². The maximum Gasteiger partial charge on any atom is 0.330 e. The van der Waals surface area contributed by atoms with Crippen LogP contribution >= 0.6 is 0 Å². The molecule has 0 radical (unpaired) electrons. The lowest BCUT2D eigenvalue weighted by molar-refractivity contribution is -0.222. The van der Waals surface area contributed by atoms with Gasteiger partial charge in [0, 0.05) is 22.8 Å². The van der Waals surface area contributed by atoms with E-state index in [-0.39, 0.29) is 27.6 Å². The second kappa shape index (κ2) is 8.32.